The molecule has 3 heterocycles. The van der Waals surface area contributed by atoms with Gasteiger partial charge in [-0.1, -0.05) is 169 Å². The van der Waals surface area contributed by atoms with Crippen LogP contribution in [0.1, 0.15) is 22.3 Å². The molecule has 11 rings (SSSR count). The van der Waals surface area contributed by atoms with Gasteiger partial charge in [-0.05, 0) is 75.8 Å². The average Bonchev–Trinajstić information content (AvgIpc) is 3.57. The molecule has 4 heteroatoms. The molecule has 56 heavy (non-hydrogen) atoms. The summed E-state index contributed by atoms with van der Waals surface area (Å²) in [6.07, 6.45) is 0. The summed E-state index contributed by atoms with van der Waals surface area (Å²) in [5.74, 6) is 0.691. The van der Waals surface area contributed by atoms with E-state index in [1.807, 2.05) is 36.0 Å². The van der Waals surface area contributed by atoms with Gasteiger partial charge in [0.1, 0.15) is 0 Å². The summed E-state index contributed by atoms with van der Waals surface area (Å²) in [7, 11) is 0. The number of aromatic nitrogens is 3. The molecular weight excluding hydrogens is 699 g/mol. The van der Waals surface area contributed by atoms with Crippen molar-refractivity contribution in [1.29, 1.82) is 0 Å². The summed E-state index contributed by atoms with van der Waals surface area (Å²) in [6.45, 7) is 0. The third-order valence-corrected chi connectivity index (χ3v) is 12.3. The van der Waals surface area contributed by atoms with E-state index in [2.05, 4.69) is 176 Å². The van der Waals surface area contributed by atoms with Gasteiger partial charge in [0, 0.05) is 37.6 Å². The second-order valence-electron chi connectivity index (χ2n) is 14.3. The fourth-order valence-corrected chi connectivity index (χ4v) is 9.87. The Labute approximate surface area is 330 Å². The molecule has 0 saturated carbocycles. The lowest BCUT2D eigenvalue weighted by Crippen LogP contribution is -2.31. The molecule has 7 aromatic carbocycles. The van der Waals surface area contributed by atoms with Crippen LogP contribution >= 0.6 is 11.8 Å². The van der Waals surface area contributed by atoms with Crippen molar-refractivity contribution in [3.63, 3.8) is 0 Å². The van der Waals surface area contributed by atoms with Gasteiger partial charge in [-0.25, -0.2) is 15.0 Å². The lowest BCUT2D eigenvalue weighted by Gasteiger charge is -2.39. The number of fused-ring (bicyclic) bond motifs is 9. The molecule has 0 bridgehead atoms. The molecule has 0 N–H and O–H groups in total. The van der Waals surface area contributed by atoms with Gasteiger partial charge in [-0.2, -0.15) is 0 Å². The number of rotatable bonds is 5. The summed E-state index contributed by atoms with van der Waals surface area (Å²) in [6, 6.07) is 71.2. The van der Waals surface area contributed by atoms with Gasteiger partial charge in [0.05, 0.1) is 28.2 Å². The largest absolute Gasteiger partial charge is 0.248 e. The van der Waals surface area contributed by atoms with Crippen molar-refractivity contribution in [2.45, 2.75) is 15.2 Å². The van der Waals surface area contributed by atoms with E-state index in [-0.39, 0.29) is 0 Å². The first-order valence-corrected chi connectivity index (χ1v) is 19.8. The highest BCUT2D eigenvalue weighted by Crippen LogP contribution is 2.62. The summed E-state index contributed by atoms with van der Waals surface area (Å²) >= 11 is 1.86. The number of hydrogen-bond donors (Lipinski definition) is 0. The molecular formula is C52H33N3S. The molecule has 0 unspecified atom stereocenters. The first-order valence-electron chi connectivity index (χ1n) is 18.9. The van der Waals surface area contributed by atoms with Crippen molar-refractivity contribution in [2.24, 2.45) is 0 Å². The number of hydrogen-bond acceptors (Lipinski definition) is 4. The fraction of sp³-hybridized carbons (Fsp3) is 0.0192. The standard InChI is InChI=1S/C52H33N3S/c1-3-15-34(16-4-1)45-25-14-26-46(53-45)36-19-13-20-37(31-36)48-33-47(35-17-5-2-6-18-35)54-51(55-48)38-29-30-40-39-21-7-8-22-41(39)52(44(40)32-38)42-23-9-11-27-49(42)56-50-28-12-10-24-43(50)52/h1-33H. The van der Waals surface area contributed by atoms with E-state index < -0.39 is 5.41 Å². The third kappa shape index (κ3) is 5.18. The smallest absolute Gasteiger partial charge is 0.160 e. The van der Waals surface area contributed by atoms with Crippen LogP contribution < -0.4 is 0 Å². The molecule has 0 amide bonds. The highest BCUT2D eigenvalue weighted by atomic mass is 32.2. The van der Waals surface area contributed by atoms with E-state index in [4.69, 9.17) is 15.0 Å². The van der Waals surface area contributed by atoms with Gasteiger partial charge < -0.3 is 0 Å². The molecule has 2 aliphatic rings. The third-order valence-electron chi connectivity index (χ3n) is 11.2. The summed E-state index contributed by atoms with van der Waals surface area (Å²) < 4.78 is 0. The lowest BCUT2D eigenvalue weighted by atomic mass is 9.67. The normalized spacial score (nSPS) is 13.1. The molecule has 1 aliphatic carbocycles. The van der Waals surface area contributed by atoms with E-state index >= 15 is 0 Å². The minimum absolute atomic E-state index is 0.476. The Kier molecular flexibility index (Phi) is 7.64. The van der Waals surface area contributed by atoms with Crippen molar-refractivity contribution >= 4 is 11.8 Å². The van der Waals surface area contributed by atoms with Crippen molar-refractivity contribution in [3.8, 4) is 67.5 Å². The Morgan fingerprint density at radius 1 is 0.304 bits per heavy atom. The van der Waals surface area contributed by atoms with Crippen LogP contribution in [0, 0.1) is 0 Å². The van der Waals surface area contributed by atoms with Gasteiger partial charge in [-0.3, -0.25) is 0 Å². The molecule has 0 fully saturated rings. The minimum atomic E-state index is -0.476. The molecule has 1 aliphatic heterocycles. The zero-order valence-corrected chi connectivity index (χ0v) is 31.1. The topological polar surface area (TPSA) is 38.7 Å². The first kappa shape index (κ1) is 32.5. The Morgan fingerprint density at radius 3 is 1.50 bits per heavy atom. The number of nitrogens with zero attached hydrogens (tertiary/aromatic N) is 3. The van der Waals surface area contributed by atoms with Crippen LogP contribution in [0.5, 0.6) is 0 Å². The van der Waals surface area contributed by atoms with Crippen molar-refractivity contribution in [1.82, 2.24) is 15.0 Å². The summed E-state index contributed by atoms with van der Waals surface area (Å²) in [5.41, 5.74) is 16.0. The second kappa shape index (κ2) is 13.2. The van der Waals surface area contributed by atoms with E-state index in [1.54, 1.807) is 0 Å². The van der Waals surface area contributed by atoms with Crippen molar-refractivity contribution < 1.29 is 0 Å². The molecule has 2 aromatic heterocycles. The van der Waals surface area contributed by atoms with Gasteiger partial charge in [0.2, 0.25) is 0 Å². The van der Waals surface area contributed by atoms with Crippen LogP contribution in [-0.4, -0.2) is 15.0 Å². The van der Waals surface area contributed by atoms with Gasteiger partial charge in [0.25, 0.3) is 0 Å². The Hall–Kier alpha value is -6.88. The maximum atomic E-state index is 5.36. The van der Waals surface area contributed by atoms with Gasteiger partial charge >= 0.3 is 0 Å². The molecule has 262 valence electrons. The maximum Gasteiger partial charge on any atom is 0.160 e. The highest BCUT2D eigenvalue weighted by Gasteiger charge is 2.50. The molecule has 1 spiro atoms. The van der Waals surface area contributed by atoms with Crippen molar-refractivity contribution in [2.75, 3.05) is 0 Å². The van der Waals surface area contributed by atoms with Crippen LogP contribution in [0.25, 0.3) is 67.5 Å². The monoisotopic (exact) mass is 731 g/mol. The van der Waals surface area contributed by atoms with E-state index in [0.29, 0.717) is 5.82 Å². The average molecular weight is 732 g/mol. The Bertz CT molecular complexity index is 2910. The van der Waals surface area contributed by atoms with Crippen LogP contribution in [0.15, 0.2) is 210 Å². The Balaban J connectivity index is 1.10. The number of pyridine rings is 1. The molecule has 0 atom stereocenters. The molecule has 0 saturated heterocycles. The van der Waals surface area contributed by atoms with Crippen molar-refractivity contribution in [3.05, 3.63) is 222 Å². The Morgan fingerprint density at radius 2 is 0.804 bits per heavy atom. The zero-order valence-electron chi connectivity index (χ0n) is 30.3. The van der Waals surface area contributed by atoms with E-state index in [0.717, 1.165) is 50.6 Å². The van der Waals surface area contributed by atoms with Crippen LogP contribution in [0.2, 0.25) is 0 Å². The molecule has 0 radical (unpaired) electrons. The zero-order chi connectivity index (χ0) is 37.1. The van der Waals surface area contributed by atoms with Crippen LogP contribution in [0.3, 0.4) is 0 Å². The first-order chi connectivity index (χ1) is 27.7. The van der Waals surface area contributed by atoms with Crippen LogP contribution in [-0.2, 0) is 5.41 Å². The van der Waals surface area contributed by atoms with E-state index in [9.17, 15) is 0 Å². The minimum Gasteiger partial charge on any atom is -0.248 e. The van der Waals surface area contributed by atoms with E-state index in [1.165, 1.54) is 43.2 Å². The second-order valence-corrected chi connectivity index (χ2v) is 15.4. The fourth-order valence-electron chi connectivity index (χ4n) is 8.68. The molecule has 9 aromatic rings. The quantitative estimate of drug-likeness (QED) is 0.177. The maximum absolute atomic E-state index is 5.36. The van der Waals surface area contributed by atoms with Gasteiger partial charge in [-0.15, -0.1) is 0 Å². The van der Waals surface area contributed by atoms with Crippen LogP contribution in [0.4, 0.5) is 0 Å². The van der Waals surface area contributed by atoms with Gasteiger partial charge in [0.15, 0.2) is 5.82 Å². The summed E-state index contributed by atoms with van der Waals surface area (Å²) in [5, 5.41) is 0. The lowest BCUT2D eigenvalue weighted by molar-refractivity contribution is 0.722. The SMILES string of the molecule is c1ccc(-c2cccc(-c3cccc(-c4cc(-c5ccccc5)nc(-c5ccc6c(c5)C5(c7ccccc7Sc7ccccc75)c5ccccc5-6)n4)c3)n2)cc1. The predicted molar refractivity (Wildman–Crippen MR) is 228 cm³/mol. The number of benzene rings is 7. The predicted octanol–water partition coefficient (Wildman–Crippen LogP) is 13.0. The highest BCUT2D eigenvalue weighted by molar-refractivity contribution is 7.99. The molecule has 3 nitrogen and oxygen atoms in total. The summed E-state index contributed by atoms with van der Waals surface area (Å²) in [4.78, 5) is 18.3.